The van der Waals surface area contributed by atoms with E-state index in [1.807, 2.05) is 24.3 Å². The monoisotopic (exact) mass is 281 g/mol. The van der Waals surface area contributed by atoms with E-state index in [0.29, 0.717) is 6.61 Å². The number of hydrogen-bond acceptors (Lipinski definition) is 4. The van der Waals surface area contributed by atoms with Gasteiger partial charge in [-0.1, -0.05) is 24.3 Å². The standard InChI is InChI=1S/C12H15N3O3S/c1-18-8-11-4-2-3-10(5-11)6-15-19(16,17)12-7-13-9-14-12/h2-5,7,9,15H,6,8H2,1H3,(H,13,14). The molecule has 7 heteroatoms. The molecule has 1 aromatic heterocycles. The van der Waals surface area contributed by atoms with Crippen LogP contribution in [0.1, 0.15) is 11.1 Å². The Morgan fingerprint density at radius 2 is 2.16 bits per heavy atom. The molecule has 2 N–H and O–H groups in total. The van der Waals surface area contributed by atoms with Crippen molar-refractivity contribution < 1.29 is 13.2 Å². The van der Waals surface area contributed by atoms with Crippen molar-refractivity contribution in [2.24, 2.45) is 0 Å². The van der Waals surface area contributed by atoms with Gasteiger partial charge in [0.05, 0.1) is 19.1 Å². The molecule has 0 saturated heterocycles. The molecule has 2 rings (SSSR count). The first-order valence-electron chi connectivity index (χ1n) is 5.66. The Kier molecular flexibility index (Phi) is 4.31. The predicted molar refractivity (Wildman–Crippen MR) is 69.8 cm³/mol. The lowest BCUT2D eigenvalue weighted by Gasteiger charge is -2.06. The maximum absolute atomic E-state index is 11.9. The largest absolute Gasteiger partial charge is 0.380 e. The molecule has 0 unspecified atom stereocenters. The third-order valence-electron chi connectivity index (χ3n) is 2.53. The van der Waals surface area contributed by atoms with E-state index < -0.39 is 10.0 Å². The van der Waals surface area contributed by atoms with Gasteiger partial charge in [0.15, 0.2) is 5.03 Å². The second-order valence-corrected chi connectivity index (χ2v) is 5.73. The van der Waals surface area contributed by atoms with Gasteiger partial charge in [-0.3, -0.25) is 0 Å². The summed E-state index contributed by atoms with van der Waals surface area (Å²) in [5.74, 6) is 0. The molecule has 0 aliphatic rings. The molecule has 2 aromatic rings. The van der Waals surface area contributed by atoms with Gasteiger partial charge in [0.25, 0.3) is 10.0 Å². The lowest BCUT2D eigenvalue weighted by molar-refractivity contribution is 0.185. The maximum atomic E-state index is 11.9. The number of benzene rings is 1. The highest BCUT2D eigenvalue weighted by Gasteiger charge is 2.14. The molecule has 1 aromatic carbocycles. The summed E-state index contributed by atoms with van der Waals surface area (Å²) in [7, 11) is -1.92. The Hall–Kier alpha value is -1.70. The molecule has 0 spiro atoms. The number of hydrogen-bond donors (Lipinski definition) is 2. The van der Waals surface area contributed by atoms with E-state index in [1.165, 1.54) is 12.5 Å². The second kappa shape index (κ2) is 5.96. The third kappa shape index (κ3) is 3.63. The third-order valence-corrected chi connectivity index (χ3v) is 3.86. The van der Waals surface area contributed by atoms with E-state index in [1.54, 1.807) is 7.11 Å². The normalized spacial score (nSPS) is 11.6. The Balaban J connectivity index is 2.05. The number of imidazole rings is 1. The van der Waals surface area contributed by atoms with Crippen molar-refractivity contribution in [3.63, 3.8) is 0 Å². The lowest BCUT2D eigenvalue weighted by atomic mass is 10.1. The van der Waals surface area contributed by atoms with E-state index in [4.69, 9.17) is 4.74 Å². The number of rotatable bonds is 6. The average molecular weight is 281 g/mol. The van der Waals surface area contributed by atoms with Gasteiger partial charge in [0, 0.05) is 13.7 Å². The summed E-state index contributed by atoms with van der Waals surface area (Å²) >= 11 is 0. The van der Waals surface area contributed by atoms with Crippen LogP contribution in [0.3, 0.4) is 0 Å². The fourth-order valence-corrected chi connectivity index (χ4v) is 2.56. The summed E-state index contributed by atoms with van der Waals surface area (Å²) < 4.78 is 31.3. The van der Waals surface area contributed by atoms with Crippen molar-refractivity contribution in [3.05, 3.63) is 47.9 Å². The highest BCUT2D eigenvalue weighted by atomic mass is 32.2. The van der Waals surface area contributed by atoms with Crippen LogP contribution in [0, 0.1) is 0 Å². The van der Waals surface area contributed by atoms with Crippen LogP contribution in [0.2, 0.25) is 0 Å². The highest BCUT2D eigenvalue weighted by Crippen LogP contribution is 2.08. The summed E-state index contributed by atoms with van der Waals surface area (Å²) in [5, 5.41) is 0.0561. The fraction of sp³-hybridized carbons (Fsp3) is 0.250. The summed E-state index contributed by atoms with van der Waals surface area (Å²) in [4.78, 5) is 6.25. The van der Waals surface area contributed by atoms with Gasteiger partial charge in [-0.05, 0) is 11.1 Å². The molecular formula is C12H15N3O3S. The zero-order chi connectivity index (χ0) is 13.7. The summed E-state index contributed by atoms with van der Waals surface area (Å²) in [6, 6.07) is 7.55. The predicted octanol–water partition coefficient (Wildman–Crippen LogP) is 1.03. The minimum absolute atomic E-state index is 0.0561. The van der Waals surface area contributed by atoms with E-state index >= 15 is 0 Å². The van der Waals surface area contributed by atoms with Crippen molar-refractivity contribution in [2.75, 3.05) is 7.11 Å². The van der Waals surface area contributed by atoms with Gasteiger partial charge in [0.1, 0.15) is 0 Å². The van der Waals surface area contributed by atoms with E-state index in [2.05, 4.69) is 14.7 Å². The first-order valence-corrected chi connectivity index (χ1v) is 7.15. The molecule has 6 nitrogen and oxygen atoms in total. The molecule has 0 radical (unpaired) electrons. The summed E-state index contributed by atoms with van der Waals surface area (Å²) in [5.41, 5.74) is 1.87. The first kappa shape index (κ1) is 13.7. The molecule has 0 amide bonds. The van der Waals surface area contributed by atoms with Gasteiger partial charge >= 0.3 is 0 Å². The van der Waals surface area contributed by atoms with Crippen molar-refractivity contribution in [2.45, 2.75) is 18.2 Å². The number of aromatic amines is 1. The van der Waals surface area contributed by atoms with Crippen LogP contribution in [-0.2, 0) is 27.9 Å². The summed E-state index contributed by atoms with van der Waals surface area (Å²) in [6.45, 7) is 0.722. The van der Waals surface area contributed by atoms with Crippen LogP contribution in [0.4, 0.5) is 0 Å². The molecule has 0 aliphatic carbocycles. The van der Waals surface area contributed by atoms with E-state index in [0.717, 1.165) is 11.1 Å². The van der Waals surface area contributed by atoms with Crippen LogP contribution >= 0.6 is 0 Å². The van der Waals surface area contributed by atoms with E-state index in [9.17, 15) is 8.42 Å². The van der Waals surface area contributed by atoms with Crippen LogP contribution < -0.4 is 4.72 Å². The maximum Gasteiger partial charge on any atom is 0.257 e. The number of sulfonamides is 1. The number of ether oxygens (including phenoxy) is 1. The van der Waals surface area contributed by atoms with Crippen LogP contribution in [0.5, 0.6) is 0 Å². The highest BCUT2D eigenvalue weighted by molar-refractivity contribution is 7.89. The van der Waals surface area contributed by atoms with Gasteiger partial charge in [0.2, 0.25) is 0 Å². The zero-order valence-corrected chi connectivity index (χ0v) is 11.3. The van der Waals surface area contributed by atoms with Crippen LogP contribution in [-0.4, -0.2) is 25.5 Å². The number of nitrogens with zero attached hydrogens (tertiary/aromatic N) is 1. The lowest BCUT2D eigenvalue weighted by Crippen LogP contribution is -2.23. The van der Waals surface area contributed by atoms with Crippen molar-refractivity contribution >= 4 is 10.0 Å². The average Bonchev–Trinajstić information content (AvgIpc) is 2.92. The molecule has 1 heterocycles. The topological polar surface area (TPSA) is 84.1 Å². The molecule has 0 saturated carbocycles. The number of nitrogens with one attached hydrogen (secondary N) is 2. The zero-order valence-electron chi connectivity index (χ0n) is 10.5. The Morgan fingerprint density at radius 3 is 2.84 bits per heavy atom. The minimum atomic E-state index is -3.54. The molecule has 0 aliphatic heterocycles. The fourth-order valence-electron chi connectivity index (χ4n) is 1.64. The molecular weight excluding hydrogens is 266 g/mol. The summed E-state index contributed by atoms with van der Waals surface area (Å²) in [6.07, 6.45) is 2.59. The van der Waals surface area contributed by atoms with Gasteiger partial charge in [-0.15, -0.1) is 0 Å². The minimum Gasteiger partial charge on any atom is -0.380 e. The second-order valence-electron chi connectivity index (χ2n) is 3.99. The molecule has 0 fully saturated rings. The van der Waals surface area contributed by atoms with Gasteiger partial charge in [-0.2, -0.15) is 0 Å². The number of H-pyrrole nitrogens is 1. The van der Waals surface area contributed by atoms with Crippen LogP contribution in [0.25, 0.3) is 0 Å². The number of aromatic nitrogens is 2. The van der Waals surface area contributed by atoms with E-state index in [-0.39, 0.29) is 11.6 Å². The van der Waals surface area contributed by atoms with Crippen molar-refractivity contribution in [1.29, 1.82) is 0 Å². The molecule has 102 valence electrons. The van der Waals surface area contributed by atoms with Crippen molar-refractivity contribution in [1.82, 2.24) is 14.7 Å². The van der Waals surface area contributed by atoms with Crippen molar-refractivity contribution in [3.8, 4) is 0 Å². The Morgan fingerprint density at radius 1 is 1.37 bits per heavy atom. The Bertz CT molecular complexity index is 623. The first-order chi connectivity index (χ1) is 9.12. The number of methoxy groups -OCH3 is 1. The van der Waals surface area contributed by atoms with Gasteiger partial charge in [-0.25, -0.2) is 18.1 Å². The SMILES string of the molecule is COCc1cccc(CNS(=O)(=O)c2cnc[nH]2)c1. The smallest absolute Gasteiger partial charge is 0.257 e. The van der Waals surface area contributed by atoms with Crippen LogP contribution in [0.15, 0.2) is 41.8 Å². The van der Waals surface area contributed by atoms with Gasteiger partial charge < -0.3 is 9.72 Å². The molecule has 0 atom stereocenters. The Labute approximate surface area is 111 Å². The molecule has 19 heavy (non-hydrogen) atoms. The quantitative estimate of drug-likeness (QED) is 0.828. The molecule has 0 bridgehead atoms.